The number of hydrogen-bond acceptors (Lipinski definition) is 3. The molecular formula is C17H27ClO3Si. The van der Waals surface area contributed by atoms with Crippen molar-refractivity contribution >= 4 is 25.7 Å². The number of hydrogen-bond donors (Lipinski definition) is 1. The van der Waals surface area contributed by atoms with Crippen LogP contribution in [-0.2, 0) is 14.8 Å². The van der Waals surface area contributed by atoms with Crippen molar-refractivity contribution in [2.75, 3.05) is 12.5 Å². The summed E-state index contributed by atoms with van der Waals surface area (Å²) in [5.41, 5.74) is -0.679. The van der Waals surface area contributed by atoms with Crippen LogP contribution in [0.1, 0.15) is 32.8 Å². The van der Waals surface area contributed by atoms with E-state index in [4.69, 9.17) is 16.0 Å². The lowest BCUT2D eigenvalue weighted by Gasteiger charge is -2.36. The number of rotatable bonds is 7. The van der Waals surface area contributed by atoms with Gasteiger partial charge in [-0.25, -0.2) is 0 Å². The Morgan fingerprint density at radius 3 is 2.23 bits per heavy atom. The van der Waals surface area contributed by atoms with Gasteiger partial charge in [-0.15, -0.1) is 11.6 Å². The van der Waals surface area contributed by atoms with Gasteiger partial charge in [0.25, 0.3) is 0 Å². The second-order valence-electron chi connectivity index (χ2n) is 7.30. The molecule has 5 heteroatoms. The van der Waals surface area contributed by atoms with Crippen LogP contribution in [0, 0.1) is 0 Å². The lowest BCUT2D eigenvalue weighted by molar-refractivity contribution is -0.125. The van der Waals surface area contributed by atoms with Crippen molar-refractivity contribution in [2.45, 2.75) is 50.9 Å². The van der Waals surface area contributed by atoms with Gasteiger partial charge in [0.05, 0.1) is 12.5 Å². The molecule has 0 bridgehead atoms. The Bertz CT molecular complexity index is 496. The van der Waals surface area contributed by atoms with Gasteiger partial charge in [-0.05, 0) is 23.7 Å². The molecule has 0 aromatic heterocycles. The molecule has 0 spiro atoms. The summed E-state index contributed by atoms with van der Waals surface area (Å²) < 4.78 is 5.92. The third-order valence-corrected chi connectivity index (χ3v) is 9.34. The lowest BCUT2D eigenvalue weighted by atomic mass is 9.90. The van der Waals surface area contributed by atoms with Crippen LogP contribution in [0.15, 0.2) is 30.3 Å². The minimum absolute atomic E-state index is 0.0250. The van der Waals surface area contributed by atoms with Crippen LogP contribution in [0.5, 0.6) is 0 Å². The fourth-order valence-corrected chi connectivity index (χ4v) is 3.03. The average Bonchev–Trinajstić information content (AvgIpc) is 2.45. The molecule has 0 aliphatic heterocycles. The molecular weight excluding hydrogens is 316 g/mol. The Kier molecular flexibility index (Phi) is 6.39. The van der Waals surface area contributed by atoms with Gasteiger partial charge in [-0.1, -0.05) is 51.1 Å². The predicted molar refractivity (Wildman–Crippen MR) is 93.8 cm³/mol. The van der Waals surface area contributed by atoms with Crippen molar-refractivity contribution in [1.82, 2.24) is 0 Å². The molecule has 0 aliphatic rings. The zero-order valence-corrected chi connectivity index (χ0v) is 15.9. The maximum absolute atomic E-state index is 12.2. The van der Waals surface area contributed by atoms with Crippen LogP contribution in [0.4, 0.5) is 0 Å². The molecule has 1 aromatic rings. The lowest BCUT2D eigenvalue weighted by Crippen LogP contribution is -2.43. The first-order valence-electron chi connectivity index (χ1n) is 7.51. The largest absolute Gasteiger partial charge is 0.410 e. The minimum atomic E-state index is -1.97. The number of ketones is 1. The fourth-order valence-electron chi connectivity index (χ4n) is 1.83. The van der Waals surface area contributed by atoms with E-state index in [0.29, 0.717) is 5.56 Å². The van der Waals surface area contributed by atoms with Crippen LogP contribution in [0.25, 0.3) is 0 Å². The van der Waals surface area contributed by atoms with E-state index in [1.54, 1.807) is 12.1 Å². The van der Waals surface area contributed by atoms with Crippen LogP contribution in [-0.4, -0.2) is 31.7 Å². The van der Waals surface area contributed by atoms with E-state index in [0.717, 1.165) is 0 Å². The number of Topliss-reactive ketones (excluding diaryl/α,β-unsaturated/α-hetero) is 1. The Balaban J connectivity index is 2.71. The Morgan fingerprint density at radius 2 is 1.77 bits per heavy atom. The van der Waals surface area contributed by atoms with E-state index < -0.39 is 13.9 Å². The molecule has 0 heterocycles. The Labute approximate surface area is 139 Å². The summed E-state index contributed by atoms with van der Waals surface area (Å²) in [5.74, 6) is -0.153. The molecule has 124 valence electrons. The normalized spacial score (nSPS) is 15.4. The zero-order valence-electron chi connectivity index (χ0n) is 14.1. The van der Waals surface area contributed by atoms with Gasteiger partial charge in [0.15, 0.2) is 14.1 Å². The molecule has 1 N–H and O–H groups in total. The first kappa shape index (κ1) is 19.4. The average molecular weight is 343 g/mol. The Morgan fingerprint density at radius 1 is 1.23 bits per heavy atom. The number of benzene rings is 1. The smallest absolute Gasteiger partial charge is 0.192 e. The van der Waals surface area contributed by atoms with Gasteiger partial charge in [-0.3, -0.25) is 4.79 Å². The summed E-state index contributed by atoms with van der Waals surface area (Å²) in [7, 11) is -1.97. The number of aliphatic hydroxyl groups is 1. The molecule has 0 radical (unpaired) electrons. The SMILES string of the molecule is CC(C)(C)[Si](C)(C)OCC(=O)CC(O)(CCl)c1ccccc1. The van der Waals surface area contributed by atoms with E-state index in [1.165, 1.54) is 0 Å². The highest BCUT2D eigenvalue weighted by Gasteiger charge is 2.38. The van der Waals surface area contributed by atoms with Gasteiger partial charge in [-0.2, -0.15) is 0 Å². The van der Waals surface area contributed by atoms with Crippen LogP contribution in [0.2, 0.25) is 18.1 Å². The molecule has 1 atom stereocenters. The third-order valence-electron chi connectivity index (χ3n) is 4.42. The summed E-state index contributed by atoms with van der Waals surface area (Å²) >= 11 is 5.92. The van der Waals surface area contributed by atoms with E-state index in [2.05, 4.69) is 33.9 Å². The maximum atomic E-state index is 12.2. The number of alkyl halides is 1. The zero-order chi connectivity index (χ0) is 17.0. The van der Waals surface area contributed by atoms with Gasteiger partial charge in [0, 0.05) is 6.42 Å². The molecule has 3 nitrogen and oxygen atoms in total. The summed E-state index contributed by atoms with van der Waals surface area (Å²) in [5, 5.41) is 10.7. The number of carbonyl (C=O) groups is 1. The highest BCUT2D eigenvalue weighted by molar-refractivity contribution is 6.74. The summed E-state index contributed by atoms with van der Waals surface area (Å²) in [4.78, 5) is 12.2. The monoisotopic (exact) mass is 342 g/mol. The highest BCUT2D eigenvalue weighted by Crippen LogP contribution is 2.36. The second-order valence-corrected chi connectivity index (χ2v) is 12.4. The van der Waals surface area contributed by atoms with Gasteiger partial charge in [0.1, 0.15) is 5.60 Å². The molecule has 0 amide bonds. The molecule has 0 saturated carbocycles. The summed E-state index contributed by atoms with van der Waals surface area (Å²) in [6, 6.07) is 9.07. The number of carbonyl (C=O) groups excluding carboxylic acids is 1. The van der Waals surface area contributed by atoms with Crippen molar-refractivity contribution in [3.63, 3.8) is 0 Å². The molecule has 0 saturated heterocycles. The fraction of sp³-hybridized carbons (Fsp3) is 0.588. The first-order valence-corrected chi connectivity index (χ1v) is 11.0. The molecule has 1 unspecified atom stereocenters. The second kappa shape index (κ2) is 7.26. The molecule has 1 aromatic carbocycles. The predicted octanol–water partition coefficient (Wildman–Crippen LogP) is 4.09. The summed E-state index contributed by atoms with van der Waals surface area (Å²) in [6.07, 6.45) is -0.0326. The van der Waals surface area contributed by atoms with E-state index >= 15 is 0 Å². The molecule has 22 heavy (non-hydrogen) atoms. The first-order chi connectivity index (χ1) is 10.0. The standard InChI is InChI=1S/C17H27ClO3Si/c1-16(2,3)22(4,5)21-12-15(19)11-17(20,13-18)14-9-7-6-8-10-14/h6-10,20H,11-13H2,1-5H3. The van der Waals surface area contributed by atoms with Crippen LogP contribution < -0.4 is 0 Å². The van der Waals surface area contributed by atoms with Gasteiger partial charge in [0.2, 0.25) is 0 Å². The molecule has 0 aliphatic carbocycles. The summed E-state index contributed by atoms with van der Waals surface area (Å²) in [6.45, 7) is 10.6. The van der Waals surface area contributed by atoms with Crippen molar-refractivity contribution in [3.05, 3.63) is 35.9 Å². The Hall–Kier alpha value is -0.683. The van der Waals surface area contributed by atoms with E-state index in [9.17, 15) is 9.90 Å². The van der Waals surface area contributed by atoms with Gasteiger partial charge >= 0.3 is 0 Å². The molecule has 1 rings (SSSR count). The minimum Gasteiger partial charge on any atom is -0.410 e. The maximum Gasteiger partial charge on any atom is 0.192 e. The van der Waals surface area contributed by atoms with Gasteiger partial charge < -0.3 is 9.53 Å². The van der Waals surface area contributed by atoms with Crippen molar-refractivity contribution in [3.8, 4) is 0 Å². The van der Waals surface area contributed by atoms with Crippen LogP contribution >= 0.6 is 11.6 Å². The third kappa shape index (κ3) is 4.91. The number of halogens is 1. The van der Waals surface area contributed by atoms with Crippen molar-refractivity contribution in [1.29, 1.82) is 0 Å². The quantitative estimate of drug-likeness (QED) is 0.599. The van der Waals surface area contributed by atoms with Crippen LogP contribution in [0.3, 0.4) is 0 Å². The highest BCUT2D eigenvalue weighted by atomic mass is 35.5. The van der Waals surface area contributed by atoms with Crippen molar-refractivity contribution in [2.24, 2.45) is 0 Å². The van der Waals surface area contributed by atoms with E-state index in [-0.39, 0.29) is 29.7 Å². The topological polar surface area (TPSA) is 46.5 Å². The molecule has 0 fully saturated rings. The van der Waals surface area contributed by atoms with E-state index in [1.807, 2.05) is 18.2 Å². The van der Waals surface area contributed by atoms with Crippen molar-refractivity contribution < 1.29 is 14.3 Å².